The van der Waals surface area contributed by atoms with Crippen molar-refractivity contribution in [2.75, 3.05) is 27.4 Å². The van der Waals surface area contributed by atoms with Gasteiger partial charge >= 0.3 is 18.0 Å². The number of rotatable bonds is 29. The average molecular weight is 1680 g/mol. The second-order valence-corrected chi connectivity index (χ2v) is 38.6. The maximum atomic E-state index is 13.1. The number of carbonyl (C=O) groups excluding carboxylic acids is 6. The van der Waals surface area contributed by atoms with Crippen molar-refractivity contribution in [3.8, 4) is 5.75 Å². The van der Waals surface area contributed by atoms with Crippen molar-refractivity contribution in [1.29, 1.82) is 0 Å². The summed E-state index contributed by atoms with van der Waals surface area (Å²) in [7, 11) is 0. The molecule has 672 valence electrons. The molecule has 0 aromatic heterocycles. The van der Waals surface area contributed by atoms with Gasteiger partial charge in [-0.2, -0.15) is 4.99 Å². The zero-order valence-electron chi connectivity index (χ0n) is 80.8. The molecule has 15 heteroatoms. The summed E-state index contributed by atoms with van der Waals surface area (Å²) in [5.41, 5.74) is 29.7. The lowest BCUT2D eigenvalue weighted by atomic mass is 9.80. The van der Waals surface area contributed by atoms with Crippen molar-refractivity contribution in [1.82, 2.24) is 0 Å². The number of isocyanates is 1. The van der Waals surface area contributed by atoms with Gasteiger partial charge in [-0.15, -0.1) is 0 Å². The molecule has 0 spiro atoms. The molecule has 1 aliphatic heterocycles. The molecule has 1 aliphatic rings. The minimum atomic E-state index is -0.526. The molecule has 8 aromatic rings. The molecule has 0 atom stereocenters. The van der Waals surface area contributed by atoms with Crippen LogP contribution in [0.25, 0.3) is 0 Å². The number of nitrogens with two attached hydrogens (primary N) is 2. The van der Waals surface area contributed by atoms with Crippen LogP contribution in [0.3, 0.4) is 0 Å². The maximum Gasteiger partial charge on any atom is 0.346 e. The monoisotopic (exact) mass is 1680 g/mol. The van der Waals surface area contributed by atoms with Crippen molar-refractivity contribution in [3.05, 3.63) is 242 Å². The third kappa shape index (κ3) is 32.6. The Morgan fingerprint density at radius 3 is 0.805 bits per heavy atom. The molecule has 0 saturated heterocycles. The van der Waals surface area contributed by atoms with Crippen LogP contribution in [0.1, 0.15) is 367 Å². The van der Waals surface area contributed by atoms with E-state index >= 15 is 0 Å². The number of carbonyl (C=O) groups is 5. The molecule has 0 radical (unpaired) electrons. The van der Waals surface area contributed by atoms with Gasteiger partial charge in [-0.25, -0.2) is 19.2 Å². The fourth-order valence-corrected chi connectivity index (χ4v) is 18.5. The first-order valence-corrected chi connectivity index (χ1v) is 45.0. The van der Waals surface area contributed by atoms with Gasteiger partial charge in [0, 0.05) is 28.4 Å². The fraction of sp³-hybridized carbons (Fsp3) is 0.500. The Morgan fingerprint density at radius 1 is 0.341 bits per heavy atom. The van der Waals surface area contributed by atoms with E-state index in [1.165, 1.54) is 33.4 Å². The average Bonchev–Trinajstić information content (AvgIpc) is 1.66. The lowest BCUT2D eigenvalue weighted by Crippen LogP contribution is -2.20. The van der Waals surface area contributed by atoms with Gasteiger partial charge < -0.3 is 42.4 Å². The van der Waals surface area contributed by atoms with E-state index in [1.54, 1.807) is 6.08 Å². The van der Waals surface area contributed by atoms with E-state index in [2.05, 4.69) is 320 Å². The topological polar surface area (TPSA) is 253 Å². The Hall–Kier alpha value is -9.95. The highest BCUT2D eigenvalue weighted by molar-refractivity contribution is 6.15. The Balaban J connectivity index is 0.000000393. The highest BCUT2D eigenvalue weighted by Crippen LogP contribution is 2.41. The maximum absolute atomic E-state index is 13.1. The number of nitrogen functional groups attached to an aromatic ring is 2. The van der Waals surface area contributed by atoms with Crippen LogP contribution in [0.4, 0.5) is 38.9 Å². The molecule has 9 rings (SSSR count). The summed E-state index contributed by atoms with van der Waals surface area (Å²) < 4.78 is 9.81. The molecule has 123 heavy (non-hydrogen) atoms. The molecule has 1 heterocycles. The quantitative estimate of drug-likeness (QED) is 0.00740. The summed E-state index contributed by atoms with van der Waals surface area (Å²) in [6.45, 7) is 71.3. The molecule has 0 fully saturated rings. The lowest BCUT2D eigenvalue weighted by molar-refractivity contribution is -0.120. The second kappa shape index (κ2) is 51.3. The predicted octanol–water partition coefficient (Wildman–Crippen LogP) is 29.0. The fourth-order valence-electron chi connectivity index (χ4n) is 18.5. The van der Waals surface area contributed by atoms with Crippen LogP contribution in [0, 0.1) is 71.0 Å². The first kappa shape index (κ1) is 107. The molecule has 0 aliphatic carbocycles. The van der Waals surface area contributed by atoms with Crippen LogP contribution in [0.5, 0.6) is 5.75 Å². The molecule has 0 unspecified atom stereocenters. The molecule has 3 amide bonds. The van der Waals surface area contributed by atoms with Gasteiger partial charge in [0.15, 0.2) is 0 Å². The lowest BCUT2D eigenvalue weighted by Gasteiger charge is -2.25. The van der Waals surface area contributed by atoms with Crippen molar-refractivity contribution in [3.63, 3.8) is 0 Å². The Morgan fingerprint density at radius 2 is 0.569 bits per heavy atom. The molecule has 0 saturated carbocycles. The largest absolute Gasteiger partial charge is 0.428 e. The third-order valence-corrected chi connectivity index (χ3v) is 23.3. The molecular weight excluding hydrogens is 1530 g/mol. The van der Waals surface area contributed by atoms with Gasteiger partial charge in [-0.05, 0) is 283 Å². The van der Waals surface area contributed by atoms with Gasteiger partial charge in [0.05, 0.1) is 22.4 Å². The predicted molar refractivity (Wildman–Crippen MR) is 520 cm³/mol. The first-order chi connectivity index (χ1) is 57.2. The Kier molecular flexibility index (Phi) is 44.8. The zero-order valence-corrected chi connectivity index (χ0v) is 80.8. The first-order valence-electron chi connectivity index (χ1n) is 45.0. The molecule has 0 bridgehead atoms. The summed E-state index contributed by atoms with van der Waals surface area (Å²) in [5, 5.41) is 8.84. The van der Waals surface area contributed by atoms with E-state index < -0.39 is 11.9 Å². The minimum absolute atomic E-state index is 0. The second-order valence-electron chi connectivity index (χ2n) is 38.6. The number of esters is 2. The van der Waals surface area contributed by atoms with Crippen LogP contribution in [-0.4, -0.2) is 41.9 Å². The number of urea groups is 1. The number of hydrogen-bond donors (Lipinski definition) is 5. The van der Waals surface area contributed by atoms with Gasteiger partial charge in [0.1, 0.15) is 5.75 Å². The summed E-state index contributed by atoms with van der Waals surface area (Å²) in [6.07, 6.45) is 1.55. The smallest absolute Gasteiger partial charge is 0.346 e. The normalized spacial score (nSPS) is 11.9. The number of anilines is 5. The van der Waals surface area contributed by atoms with Crippen molar-refractivity contribution < 1.29 is 43.7 Å². The SMILES string of the molecule is CC(C)C(c1ccc(N)cc1)C(C)C.CC(C)C(c1ccc(N)cc1)C(C)C.CC(C)C(c1ccc(N=C=O)cc1)C(C)C.CC(C)C(c1ccc(NC(=O)Nc2ccc(C(C(C)C)C(C)C)cc2)cc1)C(C)C.CC(C)c1cc(OC=O)c(C(=O)Nc2ccc(C(C(C)C)C(C)C)cc2)cc1C(C)C.CC(C)c1cc2c(cc1C(C)C)C(=O)OC2=O.O. The van der Waals surface area contributed by atoms with E-state index in [9.17, 15) is 28.8 Å². The summed E-state index contributed by atoms with van der Waals surface area (Å²) in [5.74, 6) is 10.8. The standard InChI is InChI=1S/C27H40N2O.C27H37NO3.C14H19NO.C14H16O3.2C13H21N.H2O/c1-17(2)25(18(3)4)21-9-13-23(14-10-21)28-27(30)29-24-15-11-22(12-16-24)26(19(5)6)20(7)8;1-16(2)22-13-24(25(31-15-29)14-23(22)17(3)4)27(30)28-21-11-9-20(10-12-21)26(18(5)6)19(7)8;1-10(2)14(11(3)4)12-5-7-13(8-6-12)15-9-16;1-7(2)9-5-11-12(6-10(9)8(3)4)14(16)17-13(11)15;2*1-9(2)13(10(3)4)11-5-7-12(14)8-6-11;/h9-20,25-26H,1-8H3,(H2,28,29,30);9-19,26H,1-8H3,(H,28,30);5-8,10-11,14H,1-4H3;5-8H,1-4H3;2*5-10,13H,14H2,1-4H3;1H2. The summed E-state index contributed by atoms with van der Waals surface area (Å²) >= 11 is 0. The number of amides is 3. The number of aliphatic imine (C=N–C) groups is 1. The molecule has 9 N–H and O–H groups in total. The van der Waals surface area contributed by atoms with Crippen molar-refractivity contribution >= 4 is 70.6 Å². The van der Waals surface area contributed by atoms with E-state index in [-0.39, 0.29) is 35.0 Å². The molecular formula is C108H156N6O9. The number of fused-ring (bicyclic) bond motifs is 1. The summed E-state index contributed by atoms with van der Waals surface area (Å²) in [4.78, 5) is 73.3. The Bertz CT molecular complexity index is 4340. The van der Waals surface area contributed by atoms with Gasteiger partial charge in [-0.1, -0.05) is 294 Å². The van der Waals surface area contributed by atoms with E-state index in [0.29, 0.717) is 147 Å². The number of cyclic esters (lactones) is 2. The van der Waals surface area contributed by atoms with E-state index in [4.69, 9.17) is 16.2 Å². The van der Waals surface area contributed by atoms with Crippen LogP contribution in [-0.2, 0) is 14.3 Å². The van der Waals surface area contributed by atoms with Crippen LogP contribution < -0.4 is 32.2 Å². The number of ether oxygens (including phenoxy) is 2. The van der Waals surface area contributed by atoms with Crippen molar-refractivity contribution in [2.24, 2.45) is 76.0 Å². The van der Waals surface area contributed by atoms with Gasteiger partial charge in [0.25, 0.3) is 12.4 Å². The Labute approximate surface area is 742 Å². The van der Waals surface area contributed by atoms with E-state index in [0.717, 1.165) is 50.7 Å². The van der Waals surface area contributed by atoms with Crippen LogP contribution >= 0.6 is 0 Å². The van der Waals surface area contributed by atoms with Gasteiger partial charge in [-0.3, -0.25) is 9.59 Å². The van der Waals surface area contributed by atoms with Crippen LogP contribution in [0.2, 0.25) is 0 Å². The molecule has 8 aromatic carbocycles. The highest BCUT2D eigenvalue weighted by Gasteiger charge is 2.33. The zero-order chi connectivity index (χ0) is 92.0. The summed E-state index contributed by atoms with van der Waals surface area (Å²) in [6, 6.07) is 56.1. The number of benzene rings is 8. The van der Waals surface area contributed by atoms with E-state index in [1.807, 2.05) is 97.1 Å². The number of nitrogens with zero attached hydrogens (tertiary/aromatic N) is 1. The van der Waals surface area contributed by atoms with Crippen molar-refractivity contribution in [2.45, 2.75) is 281 Å². The van der Waals surface area contributed by atoms with Gasteiger partial charge in [0.2, 0.25) is 6.08 Å². The number of nitrogens with one attached hydrogen (secondary N) is 3. The number of hydrogen-bond acceptors (Lipinski definition) is 11. The van der Waals surface area contributed by atoms with Crippen LogP contribution in [0.15, 0.2) is 175 Å². The highest BCUT2D eigenvalue weighted by atomic mass is 16.6. The molecule has 15 nitrogen and oxygen atoms in total. The minimum Gasteiger partial charge on any atom is -0.428 e. The third-order valence-electron chi connectivity index (χ3n) is 23.3.